The number of carbonyl (C=O) groups is 2. The Kier molecular flexibility index (Phi) is 5.70. The fourth-order valence-electron chi connectivity index (χ4n) is 3.96. The van der Waals surface area contributed by atoms with E-state index in [1.54, 1.807) is 12.1 Å². The highest BCUT2D eigenvalue weighted by molar-refractivity contribution is 6.06. The Morgan fingerprint density at radius 2 is 1.67 bits per heavy atom. The molecule has 0 radical (unpaired) electrons. The molecule has 1 aromatic heterocycles. The molecule has 30 heavy (non-hydrogen) atoms. The molecule has 0 spiro atoms. The van der Waals surface area contributed by atoms with Crippen molar-refractivity contribution >= 4 is 28.8 Å². The molecule has 2 amide bonds. The summed E-state index contributed by atoms with van der Waals surface area (Å²) in [5, 5.41) is 3.94. The van der Waals surface area contributed by atoms with Crippen molar-refractivity contribution < 1.29 is 9.59 Å². The van der Waals surface area contributed by atoms with Crippen molar-refractivity contribution in [2.75, 3.05) is 13.1 Å². The van der Waals surface area contributed by atoms with Gasteiger partial charge < -0.3 is 14.8 Å². The van der Waals surface area contributed by atoms with Gasteiger partial charge in [-0.1, -0.05) is 35.9 Å². The Morgan fingerprint density at radius 1 is 0.967 bits per heavy atom. The van der Waals surface area contributed by atoms with Crippen LogP contribution in [-0.2, 0) is 11.8 Å². The van der Waals surface area contributed by atoms with E-state index in [1.165, 1.54) is 0 Å². The van der Waals surface area contributed by atoms with E-state index in [9.17, 15) is 9.59 Å². The molecule has 1 aliphatic heterocycles. The van der Waals surface area contributed by atoms with Gasteiger partial charge in [0, 0.05) is 48.4 Å². The standard InChI is InChI=1S/C25H27N3O2/c1-18-10-12-19(13-11-18)24(29)26-22(25(30)28-14-6-3-7-15-28)16-20-17-27(2)23-9-5-4-8-21(20)23/h4-5,8-13,16-17H,3,6-7,14-15H2,1-2H3,(H,26,29)/b22-16-. The van der Waals surface area contributed by atoms with Crippen molar-refractivity contribution in [3.63, 3.8) is 0 Å². The number of nitrogens with zero attached hydrogens (tertiary/aromatic N) is 2. The molecule has 2 aromatic carbocycles. The first-order valence-electron chi connectivity index (χ1n) is 10.5. The Bertz CT molecular complexity index is 1100. The minimum Gasteiger partial charge on any atom is -0.350 e. The van der Waals surface area contributed by atoms with Gasteiger partial charge in [-0.15, -0.1) is 0 Å². The average Bonchev–Trinajstić information content (AvgIpc) is 3.09. The number of amides is 2. The molecule has 154 valence electrons. The number of fused-ring (bicyclic) bond motifs is 1. The second-order valence-electron chi connectivity index (χ2n) is 7.94. The molecule has 5 nitrogen and oxygen atoms in total. The molecule has 0 saturated carbocycles. The van der Waals surface area contributed by atoms with Crippen LogP contribution in [0.2, 0.25) is 0 Å². The molecular formula is C25H27N3O2. The maximum absolute atomic E-state index is 13.3. The lowest BCUT2D eigenvalue weighted by molar-refractivity contribution is -0.128. The molecule has 1 fully saturated rings. The van der Waals surface area contributed by atoms with Gasteiger partial charge in [-0.05, 0) is 50.5 Å². The molecule has 1 N–H and O–H groups in total. The summed E-state index contributed by atoms with van der Waals surface area (Å²) in [5.74, 6) is -0.394. The lowest BCUT2D eigenvalue weighted by Gasteiger charge is -2.27. The van der Waals surface area contributed by atoms with Gasteiger partial charge in [0.15, 0.2) is 0 Å². The number of piperidine rings is 1. The lowest BCUT2D eigenvalue weighted by atomic mass is 10.1. The van der Waals surface area contributed by atoms with E-state index in [0.29, 0.717) is 11.3 Å². The van der Waals surface area contributed by atoms with E-state index in [0.717, 1.165) is 54.4 Å². The number of likely N-dealkylation sites (tertiary alicyclic amines) is 1. The maximum Gasteiger partial charge on any atom is 0.270 e. The largest absolute Gasteiger partial charge is 0.350 e. The van der Waals surface area contributed by atoms with Crippen molar-refractivity contribution in [3.8, 4) is 0 Å². The molecule has 0 aliphatic carbocycles. The first-order chi connectivity index (χ1) is 14.5. The molecule has 1 saturated heterocycles. The van der Waals surface area contributed by atoms with Crippen molar-refractivity contribution in [3.05, 3.63) is 77.1 Å². The summed E-state index contributed by atoms with van der Waals surface area (Å²) >= 11 is 0. The van der Waals surface area contributed by atoms with Crippen LogP contribution in [0.3, 0.4) is 0 Å². The molecule has 0 unspecified atom stereocenters. The highest BCUT2D eigenvalue weighted by Gasteiger charge is 2.23. The first-order valence-corrected chi connectivity index (χ1v) is 10.5. The molecule has 2 heterocycles. The van der Waals surface area contributed by atoms with Crippen LogP contribution in [-0.4, -0.2) is 34.4 Å². The van der Waals surface area contributed by atoms with E-state index < -0.39 is 0 Å². The first kappa shape index (κ1) is 20.0. The number of hydrogen-bond acceptors (Lipinski definition) is 2. The molecule has 5 heteroatoms. The monoisotopic (exact) mass is 401 g/mol. The fraction of sp³-hybridized carbons (Fsp3) is 0.280. The zero-order valence-corrected chi connectivity index (χ0v) is 17.5. The molecule has 3 aromatic rings. The third kappa shape index (κ3) is 4.15. The minimum atomic E-state index is -0.271. The second kappa shape index (κ2) is 8.57. The van der Waals surface area contributed by atoms with Gasteiger partial charge in [0.2, 0.25) is 0 Å². The second-order valence-corrected chi connectivity index (χ2v) is 7.94. The van der Waals surface area contributed by atoms with E-state index in [-0.39, 0.29) is 11.8 Å². The van der Waals surface area contributed by atoms with E-state index >= 15 is 0 Å². The average molecular weight is 402 g/mol. The van der Waals surface area contributed by atoms with Gasteiger partial charge in [-0.3, -0.25) is 9.59 Å². The SMILES string of the molecule is Cc1ccc(C(=O)N/C(=C\c2cn(C)c3ccccc23)C(=O)N2CCCCC2)cc1. The van der Waals surface area contributed by atoms with Crippen LogP contribution < -0.4 is 5.32 Å². The summed E-state index contributed by atoms with van der Waals surface area (Å²) in [6, 6.07) is 15.4. The minimum absolute atomic E-state index is 0.122. The third-order valence-corrected chi connectivity index (χ3v) is 5.66. The Balaban J connectivity index is 1.70. The van der Waals surface area contributed by atoms with Gasteiger partial charge in [0.05, 0.1) is 0 Å². The highest BCUT2D eigenvalue weighted by atomic mass is 16.2. The summed E-state index contributed by atoms with van der Waals surface area (Å²) in [6.45, 7) is 3.44. The zero-order valence-electron chi connectivity index (χ0n) is 17.5. The number of carbonyl (C=O) groups excluding carboxylic acids is 2. The van der Waals surface area contributed by atoms with Gasteiger partial charge in [-0.25, -0.2) is 0 Å². The summed E-state index contributed by atoms with van der Waals surface area (Å²) in [5.41, 5.74) is 3.94. The van der Waals surface area contributed by atoms with Crippen LogP contribution in [0.4, 0.5) is 0 Å². The van der Waals surface area contributed by atoms with E-state index in [4.69, 9.17) is 0 Å². The quantitative estimate of drug-likeness (QED) is 0.664. The topological polar surface area (TPSA) is 54.3 Å². The maximum atomic E-state index is 13.3. The Labute approximate surface area is 177 Å². The summed E-state index contributed by atoms with van der Waals surface area (Å²) in [6.07, 6.45) is 6.94. The smallest absolute Gasteiger partial charge is 0.270 e. The van der Waals surface area contributed by atoms with Gasteiger partial charge >= 0.3 is 0 Å². The lowest BCUT2D eigenvalue weighted by Crippen LogP contribution is -2.41. The number of aryl methyl sites for hydroxylation is 2. The molecular weight excluding hydrogens is 374 g/mol. The van der Waals surface area contributed by atoms with Gasteiger partial charge in [0.1, 0.15) is 5.70 Å². The third-order valence-electron chi connectivity index (χ3n) is 5.66. The number of hydrogen-bond donors (Lipinski definition) is 1. The van der Waals surface area contributed by atoms with Crippen LogP contribution in [0.25, 0.3) is 17.0 Å². The molecule has 4 rings (SSSR count). The van der Waals surface area contributed by atoms with Crippen LogP contribution in [0.5, 0.6) is 0 Å². The van der Waals surface area contributed by atoms with E-state index in [1.807, 2.05) is 72.1 Å². The van der Waals surface area contributed by atoms with Crippen LogP contribution in [0, 0.1) is 6.92 Å². The summed E-state index contributed by atoms with van der Waals surface area (Å²) < 4.78 is 2.03. The fourth-order valence-corrected chi connectivity index (χ4v) is 3.96. The van der Waals surface area contributed by atoms with Crippen molar-refractivity contribution in [1.29, 1.82) is 0 Å². The predicted molar refractivity (Wildman–Crippen MR) is 120 cm³/mol. The molecule has 1 aliphatic rings. The number of para-hydroxylation sites is 1. The van der Waals surface area contributed by atoms with Gasteiger partial charge in [0.25, 0.3) is 11.8 Å². The zero-order chi connectivity index (χ0) is 21.1. The number of aromatic nitrogens is 1. The predicted octanol–water partition coefficient (Wildman–Crippen LogP) is 4.27. The Morgan fingerprint density at radius 3 is 2.40 bits per heavy atom. The normalized spacial score (nSPS) is 14.7. The Hall–Kier alpha value is -3.34. The molecule has 0 bridgehead atoms. The number of benzene rings is 2. The molecule has 0 atom stereocenters. The van der Waals surface area contributed by atoms with Gasteiger partial charge in [-0.2, -0.15) is 0 Å². The highest BCUT2D eigenvalue weighted by Crippen LogP contribution is 2.23. The van der Waals surface area contributed by atoms with Crippen molar-refractivity contribution in [1.82, 2.24) is 14.8 Å². The van der Waals surface area contributed by atoms with Crippen LogP contribution in [0.15, 0.2) is 60.4 Å². The summed E-state index contributed by atoms with van der Waals surface area (Å²) in [4.78, 5) is 28.0. The van der Waals surface area contributed by atoms with Crippen LogP contribution >= 0.6 is 0 Å². The summed E-state index contributed by atoms with van der Waals surface area (Å²) in [7, 11) is 1.98. The van der Waals surface area contributed by atoms with Crippen LogP contribution in [0.1, 0.15) is 40.7 Å². The van der Waals surface area contributed by atoms with E-state index in [2.05, 4.69) is 5.32 Å². The number of rotatable bonds is 4. The van der Waals surface area contributed by atoms with Crippen molar-refractivity contribution in [2.45, 2.75) is 26.2 Å². The number of nitrogens with one attached hydrogen (secondary N) is 1. The van der Waals surface area contributed by atoms with Crippen molar-refractivity contribution in [2.24, 2.45) is 7.05 Å².